The molecule has 0 heterocycles. The average Bonchev–Trinajstić information content (AvgIpc) is 2.38. The van der Waals surface area contributed by atoms with Crippen LogP contribution in [0.3, 0.4) is 0 Å². The summed E-state index contributed by atoms with van der Waals surface area (Å²) in [5.74, 6) is 0.452. The zero-order valence-electron chi connectivity index (χ0n) is 10.2. The van der Waals surface area contributed by atoms with Gasteiger partial charge in [0.2, 0.25) is 0 Å². The number of rotatable bonds is 3. The van der Waals surface area contributed by atoms with Crippen LogP contribution in [-0.2, 0) is 12.8 Å². The van der Waals surface area contributed by atoms with Gasteiger partial charge in [-0.05, 0) is 24.3 Å². The molecule has 0 unspecified atom stereocenters. The molecule has 0 atom stereocenters. The van der Waals surface area contributed by atoms with E-state index in [2.05, 4.69) is 0 Å². The van der Waals surface area contributed by atoms with Crippen molar-refractivity contribution >= 4 is 17.3 Å². The number of hydrogen-bond donors (Lipinski definition) is 1. The highest BCUT2D eigenvalue weighted by molar-refractivity contribution is 6.32. The number of nitrogen functional groups attached to an aromatic ring is 1. The predicted octanol–water partition coefficient (Wildman–Crippen LogP) is 4.52. The molecule has 106 valence electrons. The van der Waals surface area contributed by atoms with Gasteiger partial charge in [0.1, 0.15) is 12.4 Å². The Bertz CT molecular complexity index is 614. The van der Waals surface area contributed by atoms with Crippen LogP contribution in [0.5, 0.6) is 5.75 Å². The number of hydrogen-bond acceptors (Lipinski definition) is 2. The molecule has 0 aliphatic heterocycles. The predicted molar refractivity (Wildman–Crippen MR) is 71.6 cm³/mol. The number of nitrogens with two attached hydrogens (primary N) is 1. The van der Waals surface area contributed by atoms with Crippen molar-refractivity contribution in [2.75, 3.05) is 5.73 Å². The van der Waals surface area contributed by atoms with Gasteiger partial charge in [-0.1, -0.05) is 29.8 Å². The minimum absolute atomic E-state index is 0.0341. The number of benzene rings is 2. The standard InChI is InChI=1S/C14H11ClF3NO/c15-11-3-1-2-4-13(11)20-8-9-5-6-10(7-12(9)19)14(16,17)18/h1-7H,8,19H2. The Hall–Kier alpha value is -1.88. The third-order valence-electron chi connectivity index (χ3n) is 2.69. The van der Waals surface area contributed by atoms with E-state index in [9.17, 15) is 13.2 Å². The molecule has 2 N–H and O–H groups in total. The highest BCUT2D eigenvalue weighted by atomic mass is 35.5. The zero-order valence-corrected chi connectivity index (χ0v) is 11.0. The van der Waals surface area contributed by atoms with Gasteiger partial charge in [-0.2, -0.15) is 13.2 Å². The van der Waals surface area contributed by atoms with Crippen LogP contribution in [-0.4, -0.2) is 0 Å². The smallest absolute Gasteiger partial charge is 0.416 e. The van der Waals surface area contributed by atoms with Gasteiger partial charge in [-0.25, -0.2) is 0 Å². The maximum absolute atomic E-state index is 12.5. The van der Waals surface area contributed by atoms with Crippen molar-refractivity contribution in [1.82, 2.24) is 0 Å². The van der Waals surface area contributed by atoms with E-state index >= 15 is 0 Å². The van der Waals surface area contributed by atoms with Gasteiger partial charge < -0.3 is 10.5 Å². The van der Waals surface area contributed by atoms with Gasteiger partial charge in [-0.15, -0.1) is 0 Å². The molecule has 0 fully saturated rings. The molecule has 0 spiro atoms. The molecule has 0 aliphatic rings. The Kier molecular flexibility index (Phi) is 4.09. The van der Waals surface area contributed by atoms with Gasteiger partial charge in [0, 0.05) is 11.3 Å². The van der Waals surface area contributed by atoms with Crippen LogP contribution >= 0.6 is 11.6 Å². The van der Waals surface area contributed by atoms with E-state index in [-0.39, 0.29) is 12.3 Å². The van der Waals surface area contributed by atoms with Crippen LogP contribution in [0.4, 0.5) is 18.9 Å². The Morgan fingerprint density at radius 3 is 2.40 bits per heavy atom. The van der Waals surface area contributed by atoms with Crippen molar-refractivity contribution in [3.05, 3.63) is 58.6 Å². The summed E-state index contributed by atoms with van der Waals surface area (Å²) in [6, 6.07) is 10.00. The highest BCUT2D eigenvalue weighted by Gasteiger charge is 2.30. The lowest BCUT2D eigenvalue weighted by molar-refractivity contribution is -0.137. The lowest BCUT2D eigenvalue weighted by Crippen LogP contribution is -2.08. The fourth-order valence-corrected chi connectivity index (χ4v) is 1.81. The second-order valence-electron chi connectivity index (χ2n) is 4.13. The molecule has 0 amide bonds. The highest BCUT2D eigenvalue weighted by Crippen LogP contribution is 2.32. The Morgan fingerprint density at radius 1 is 1.10 bits per heavy atom. The average molecular weight is 302 g/mol. The van der Waals surface area contributed by atoms with Crippen molar-refractivity contribution in [3.8, 4) is 5.75 Å². The molecule has 0 aromatic heterocycles. The van der Waals surface area contributed by atoms with E-state index in [1.165, 1.54) is 6.07 Å². The van der Waals surface area contributed by atoms with E-state index < -0.39 is 11.7 Å². The van der Waals surface area contributed by atoms with Crippen molar-refractivity contribution in [2.45, 2.75) is 12.8 Å². The minimum atomic E-state index is -4.41. The van der Waals surface area contributed by atoms with Crippen LogP contribution in [0, 0.1) is 0 Å². The summed E-state index contributed by atoms with van der Waals surface area (Å²) in [6.45, 7) is 0.0493. The summed E-state index contributed by atoms with van der Waals surface area (Å²) in [5.41, 5.74) is 5.33. The fourth-order valence-electron chi connectivity index (χ4n) is 1.62. The number of anilines is 1. The van der Waals surface area contributed by atoms with Gasteiger partial charge in [0.25, 0.3) is 0 Å². The molecule has 2 aromatic rings. The van der Waals surface area contributed by atoms with E-state index in [0.29, 0.717) is 16.3 Å². The molecule has 0 bridgehead atoms. The lowest BCUT2D eigenvalue weighted by atomic mass is 10.1. The molecule has 0 saturated carbocycles. The van der Waals surface area contributed by atoms with Crippen molar-refractivity contribution in [1.29, 1.82) is 0 Å². The summed E-state index contributed by atoms with van der Waals surface area (Å²) in [6.07, 6.45) is -4.41. The molecule has 6 heteroatoms. The van der Waals surface area contributed by atoms with Crippen LogP contribution in [0.1, 0.15) is 11.1 Å². The van der Waals surface area contributed by atoms with E-state index in [1.807, 2.05) is 0 Å². The van der Waals surface area contributed by atoms with Crippen molar-refractivity contribution in [2.24, 2.45) is 0 Å². The largest absolute Gasteiger partial charge is 0.487 e. The summed E-state index contributed by atoms with van der Waals surface area (Å²) in [5, 5.41) is 0.429. The number of alkyl halides is 3. The van der Waals surface area contributed by atoms with Crippen molar-refractivity contribution in [3.63, 3.8) is 0 Å². The zero-order chi connectivity index (χ0) is 14.8. The summed E-state index contributed by atoms with van der Waals surface area (Å²) >= 11 is 5.91. The van der Waals surface area contributed by atoms with Gasteiger partial charge in [0.15, 0.2) is 0 Å². The van der Waals surface area contributed by atoms with Crippen LogP contribution in [0.2, 0.25) is 5.02 Å². The number of ether oxygens (including phenoxy) is 1. The summed E-state index contributed by atoms with van der Waals surface area (Å²) < 4.78 is 42.9. The molecule has 0 aliphatic carbocycles. The van der Waals surface area contributed by atoms with Crippen molar-refractivity contribution < 1.29 is 17.9 Å². The molecule has 2 aromatic carbocycles. The van der Waals surface area contributed by atoms with Gasteiger partial charge in [-0.3, -0.25) is 0 Å². The summed E-state index contributed by atoms with van der Waals surface area (Å²) in [4.78, 5) is 0. The normalized spacial score (nSPS) is 11.4. The maximum Gasteiger partial charge on any atom is 0.416 e. The van der Waals surface area contributed by atoms with E-state index in [1.54, 1.807) is 24.3 Å². The molecular weight excluding hydrogens is 291 g/mol. The second kappa shape index (κ2) is 5.63. The molecular formula is C14H11ClF3NO. The SMILES string of the molecule is Nc1cc(C(F)(F)F)ccc1COc1ccccc1Cl. The molecule has 0 radical (unpaired) electrons. The molecule has 2 rings (SSSR count). The lowest BCUT2D eigenvalue weighted by Gasteiger charge is -2.12. The van der Waals surface area contributed by atoms with E-state index in [0.717, 1.165) is 12.1 Å². The van der Waals surface area contributed by atoms with Crippen LogP contribution < -0.4 is 10.5 Å². The van der Waals surface area contributed by atoms with Gasteiger partial charge >= 0.3 is 6.18 Å². The molecule has 0 saturated heterocycles. The minimum Gasteiger partial charge on any atom is -0.487 e. The first-order valence-electron chi connectivity index (χ1n) is 5.71. The Morgan fingerprint density at radius 2 is 1.80 bits per heavy atom. The summed E-state index contributed by atoms with van der Waals surface area (Å²) in [7, 11) is 0. The third-order valence-corrected chi connectivity index (χ3v) is 3.01. The first-order chi connectivity index (χ1) is 9.38. The third kappa shape index (κ3) is 3.36. The number of para-hydroxylation sites is 1. The first kappa shape index (κ1) is 14.5. The number of halogens is 4. The first-order valence-corrected chi connectivity index (χ1v) is 6.08. The molecule has 2 nitrogen and oxygen atoms in total. The Labute approximate surface area is 118 Å². The monoisotopic (exact) mass is 301 g/mol. The maximum atomic E-state index is 12.5. The Balaban J connectivity index is 2.13. The van der Waals surface area contributed by atoms with Crippen LogP contribution in [0.25, 0.3) is 0 Å². The van der Waals surface area contributed by atoms with E-state index in [4.69, 9.17) is 22.1 Å². The quantitative estimate of drug-likeness (QED) is 0.846. The second-order valence-corrected chi connectivity index (χ2v) is 4.54. The van der Waals surface area contributed by atoms with Gasteiger partial charge in [0.05, 0.1) is 10.6 Å². The van der Waals surface area contributed by atoms with Crippen LogP contribution in [0.15, 0.2) is 42.5 Å². The molecule has 20 heavy (non-hydrogen) atoms. The topological polar surface area (TPSA) is 35.2 Å². The fraction of sp³-hybridized carbons (Fsp3) is 0.143.